The Hall–Kier alpha value is -1.45. The molecule has 0 atom stereocenters. The highest BCUT2D eigenvalue weighted by Crippen LogP contribution is 2.32. The summed E-state index contributed by atoms with van der Waals surface area (Å²) >= 11 is 0. The lowest BCUT2D eigenvalue weighted by Gasteiger charge is -2.37. The second-order valence-electron chi connectivity index (χ2n) is 8.03. The van der Waals surface area contributed by atoms with E-state index in [1.54, 1.807) is 11.2 Å². The van der Waals surface area contributed by atoms with Gasteiger partial charge in [0, 0.05) is 51.3 Å². The Kier molecular flexibility index (Phi) is 5.76. The number of nitrogens with zero attached hydrogens (tertiary/aromatic N) is 5. The third-order valence-electron chi connectivity index (χ3n) is 6.13. The lowest BCUT2D eigenvalue weighted by molar-refractivity contribution is 0.122. The van der Waals surface area contributed by atoms with Crippen molar-refractivity contribution in [3.05, 3.63) is 11.3 Å². The first-order valence-electron chi connectivity index (χ1n) is 10.4. The Balaban J connectivity index is 1.70. The van der Waals surface area contributed by atoms with Crippen LogP contribution in [0.5, 0.6) is 0 Å². The summed E-state index contributed by atoms with van der Waals surface area (Å²) in [5.74, 6) is 2.56. The highest BCUT2D eigenvalue weighted by Gasteiger charge is 2.32. The van der Waals surface area contributed by atoms with Crippen LogP contribution in [0.3, 0.4) is 0 Å². The molecular weight excluding hydrogens is 378 g/mol. The lowest BCUT2D eigenvalue weighted by atomic mass is 9.98. The Bertz CT molecular complexity index is 802. The van der Waals surface area contributed by atoms with Crippen LogP contribution in [0.1, 0.15) is 37.9 Å². The fourth-order valence-electron chi connectivity index (χ4n) is 4.17. The third kappa shape index (κ3) is 3.97. The topological polar surface area (TPSA) is 78.9 Å². The maximum Gasteiger partial charge on any atom is 0.227 e. The third-order valence-corrected chi connectivity index (χ3v) is 7.95. The minimum Gasteiger partial charge on any atom is -0.378 e. The monoisotopic (exact) mass is 409 g/mol. The molecule has 0 aromatic carbocycles. The number of morpholine rings is 1. The summed E-state index contributed by atoms with van der Waals surface area (Å²) in [6.07, 6.45) is 2.93. The van der Waals surface area contributed by atoms with Gasteiger partial charge in [0.15, 0.2) is 0 Å². The van der Waals surface area contributed by atoms with Crippen LogP contribution in [0.15, 0.2) is 0 Å². The molecule has 4 heterocycles. The predicted molar refractivity (Wildman–Crippen MR) is 109 cm³/mol. The molecule has 0 bridgehead atoms. The van der Waals surface area contributed by atoms with Gasteiger partial charge in [0.25, 0.3) is 0 Å². The molecule has 0 unspecified atom stereocenters. The Morgan fingerprint density at radius 1 is 1.04 bits per heavy atom. The molecule has 3 aliphatic rings. The van der Waals surface area contributed by atoms with Gasteiger partial charge in [0.2, 0.25) is 16.0 Å². The maximum atomic E-state index is 12.5. The number of fused-ring (bicyclic) bond motifs is 1. The Morgan fingerprint density at radius 3 is 2.43 bits per heavy atom. The summed E-state index contributed by atoms with van der Waals surface area (Å²) in [4.78, 5) is 14.4. The largest absolute Gasteiger partial charge is 0.378 e. The quantitative estimate of drug-likeness (QED) is 0.741. The average Bonchev–Trinajstić information content (AvgIpc) is 2.74. The zero-order valence-corrected chi connectivity index (χ0v) is 17.7. The van der Waals surface area contributed by atoms with Crippen molar-refractivity contribution in [2.45, 2.75) is 39.7 Å². The van der Waals surface area contributed by atoms with E-state index in [4.69, 9.17) is 14.7 Å². The van der Waals surface area contributed by atoms with Crippen molar-refractivity contribution >= 4 is 21.8 Å². The number of sulfonamides is 1. The van der Waals surface area contributed by atoms with Gasteiger partial charge in [-0.05, 0) is 25.7 Å². The van der Waals surface area contributed by atoms with Crippen molar-refractivity contribution in [2.75, 3.05) is 61.5 Å². The van der Waals surface area contributed by atoms with Gasteiger partial charge in [0.1, 0.15) is 5.82 Å². The van der Waals surface area contributed by atoms with Gasteiger partial charge in [0.05, 0.1) is 24.7 Å². The van der Waals surface area contributed by atoms with Gasteiger partial charge in [-0.25, -0.2) is 13.4 Å². The van der Waals surface area contributed by atoms with Crippen molar-refractivity contribution in [3.63, 3.8) is 0 Å². The number of anilines is 2. The van der Waals surface area contributed by atoms with Crippen LogP contribution in [0.2, 0.25) is 0 Å². The van der Waals surface area contributed by atoms with E-state index in [1.807, 2.05) is 0 Å². The van der Waals surface area contributed by atoms with Gasteiger partial charge in [-0.1, -0.05) is 6.92 Å². The van der Waals surface area contributed by atoms with E-state index < -0.39 is 10.0 Å². The van der Waals surface area contributed by atoms with Crippen LogP contribution in [0.25, 0.3) is 0 Å². The summed E-state index contributed by atoms with van der Waals surface area (Å²) in [5, 5.41) is 0. The standard InChI is InChI=1S/C19H31N5O3S/c1-3-28(25,26)24-9-6-17-16(14-24)18(22-7-4-15(2)5-8-22)21-19(20-17)23-10-12-27-13-11-23/h15H,3-14H2,1-2H3. The van der Waals surface area contributed by atoms with Gasteiger partial charge < -0.3 is 14.5 Å². The van der Waals surface area contributed by atoms with E-state index in [1.165, 1.54) is 0 Å². The first-order chi connectivity index (χ1) is 13.5. The molecule has 8 nitrogen and oxygen atoms in total. The molecule has 0 spiro atoms. The molecule has 1 aromatic rings. The highest BCUT2D eigenvalue weighted by atomic mass is 32.2. The summed E-state index contributed by atoms with van der Waals surface area (Å²) < 4.78 is 32.0. The molecular formula is C19H31N5O3S. The minimum absolute atomic E-state index is 0.131. The smallest absolute Gasteiger partial charge is 0.227 e. The van der Waals surface area contributed by atoms with Crippen molar-refractivity contribution in [2.24, 2.45) is 5.92 Å². The number of rotatable bonds is 4. The Morgan fingerprint density at radius 2 is 1.75 bits per heavy atom. The molecule has 3 aliphatic heterocycles. The summed E-state index contributed by atoms with van der Waals surface area (Å²) in [6.45, 7) is 9.80. The zero-order valence-electron chi connectivity index (χ0n) is 16.9. The molecule has 156 valence electrons. The fourth-order valence-corrected chi connectivity index (χ4v) is 5.23. The van der Waals surface area contributed by atoms with E-state index in [2.05, 4.69) is 16.7 Å². The molecule has 28 heavy (non-hydrogen) atoms. The van der Waals surface area contributed by atoms with Crippen molar-refractivity contribution in [3.8, 4) is 0 Å². The van der Waals surface area contributed by atoms with Crippen LogP contribution in [-0.4, -0.2) is 74.4 Å². The molecule has 2 saturated heterocycles. The first kappa shape index (κ1) is 19.8. The van der Waals surface area contributed by atoms with E-state index in [0.717, 1.165) is 68.0 Å². The van der Waals surface area contributed by atoms with Gasteiger partial charge in [-0.15, -0.1) is 0 Å². The number of piperidine rings is 1. The average molecular weight is 410 g/mol. The maximum absolute atomic E-state index is 12.5. The van der Waals surface area contributed by atoms with Crippen LogP contribution in [0, 0.1) is 5.92 Å². The number of hydrogen-bond donors (Lipinski definition) is 0. The summed E-state index contributed by atoms with van der Waals surface area (Å²) in [6, 6.07) is 0. The molecule has 1 aromatic heterocycles. The Labute approximate surface area is 167 Å². The van der Waals surface area contributed by atoms with E-state index in [0.29, 0.717) is 32.7 Å². The van der Waals surface area contributed by atoms with Crippen LogP contribution >= 0.6 is 0 Å². The molecule has 0 amide bonds. The zero-order chi connectivity index (χ0) is 19.7. The minimum atomic E-state index is -3.22. The normalized spacial score (nSPS) is 22.4. The number of ether oxygens (including phenoxy) is 1. The molecule has 0 N–H and O–H groups in total. The van der Waals surface area contributed by atoms with Crippen molar-refractivity contribution in [1.82, 2.24) is 14.3 Å². The second-order valence-corrected chi connectivity index (χ2v) is 10.3. The lowest BCUT2D eigenvalue weighted by Crippen LogP contribution is -2.42. The second kappa shape index (κ2) is 8.12. The molecule has 0 saturated carbocycles. The number of hydrogen-bond acceptors (Lipinski definition) is 7. The van der Waals surface area contributed by atoms with Crippen molar-refractivity contribution < 1.29 is 13.2 Å². The van der Waals surface area contributed by atoms with E-state index in [-0.39, 0.29) is 5.75 Å². The predicted octanol–water partition coefficient (Wildman–Crippen LogP) is 1.26. The van der Waals surface area contributed by atoms with Gasteiger partial charge in [-0.3, -0.25) is 0 Å². The SMILES string of the molecule is CCS(=O)(=O)N1CCc2nc(N3CCOCC3)nc(N3CCC(C)CC3)c2C1. The van der Waals surface area contributed by atoms with Crippen LogP contribution in [-0.2, 0) is 27.7 Å². The molecule has 2 fully saturated rings. The number of aromatic nitrogens is 2. The van der Waals surface area contributed by atoms with Crippen LogP contribution in [0.4, 0.5) is 11.8 Å². The van der Waals surface area contributed by atoms with E-state index in [9.17, 15) is 8.42 Å². The molecule has 0 aliphatic carbocycles. The molecule has 9 heteroatoms. The highest BCUT2D eigenvalue weighted by molar-refractivity contribution is 7.89. The summed E-state index contributed by atoms with van der Waals surface area (Å²) in [7, 11) is -3.22. The van der Waals surface area contributed by atoms with Gasteiger partial charge >= 0.3 is 0 Å². The van der Waals surface area contributed by atoms with Crippen molar-refractivity contribution in [1.29, 1.82) is 0 Å². The summed E-state index contributed by atoms with van der Waals surface area (Å²) in [5.41, 5.74) is 2.00. The molecule has 0 radical (unpaired) electrons. The van der Waals surface area contributed by atoms with E-state index >= 15 is 0 Å². The van der Waals surface area contributed by atoms with Gasteiger partial charge in [-0.2, -0.15) is 9.29 Å². The fraction of sp³-hybridized carbons (Fsp3) is 0.789. The van der Waals surface area contributed by atoms with Crippen LogP contribution < -0.4 is 9.80 Å². The molecule has 4 rings (SSSR count). The first-order valence-corrected chi connectivity index (χ1v) is 12.0.